The summed E-state index contributed by atoms with van der Waals surface area (Å²) in [5.41, 5.74) is 4.80. The van der Waals surface area contributed by atoms with Crippen molar-refractivity contribution in [2.24, 2.45) is 5.41 Å². The molecule has 1 unspecified atom stereocenters. The van der Waals surface area contributed by atoms with Gasteiger partial charge in [-0.3, -0.25) is 0 Å². The Morgan fingerprint density at radius 3 is 2.00 bits per heavy atom. The summed E-state index contributed by atoms with van der Waals surface area (Å²) in [5, 5.41) is 10.3. The molecule has 1 N–H and O–H groups in total. The van der Waals surface area contributed by atoms with E-state index in [9.17, 15) is 5.11 Å². The Balaban J connectivity index is 2.36. The highest BCUT2D eigenvalue weighted by molar-refractivity contribution is 9.10. The second-order valence-electron chi connectivity index (χ2n) is 8.93. The molecule has 0 saturated carbocycles. The smallest absolute Gasteiger partial charge is 0.122 e. The number of aliphatic hydroxyl groups excluding tert-OH is 1. The predicted octanol–water partition coefficient (Wildman–Crippen LogP) is 6.96. The monoisotopic (exact) mass is 446 g/mol. The molecule has 0 aliphatic carbocycles. The number of rotatable bonds is 7. The summed E-state index contributed by atoms with van der Waals surface area (Å²) >= 11 is 3.70. The van der Waals surface area contributed by atoms with Gasteiger partial charge in [0.15, 0.2) is 0 Å². The molecule has 3 heteroatoms. The van der Waals surface area contributed by atoms with Crippen LogP contribution < -0.4 is 4.74 Å². The molecule has 0 amide bonds. The maximum absolute atomic E-state index is 10.3. The van der Waals surface area contributed by atoms with Crippen molar-refractivity contribution in [1.82, 2.24) is 0 Å². The van der Waals surface area contributed by atoms with E-state index in [2.05, 4.69) is 80.0 Å². The normalized spacial score (nSPS) is 13.5. The molecule has 154 valence electrons. The van der Waals surface area contributed by atoms with Crippen LogP contribution in [0.2, 0.25) is 0 Å². The maximum Gasteiger partial charge on any atom is 0.122 e. The van der Waals surface area contributed by atoms with Gasteiger partial charge in [0.2, 0.25) is 0 Å². The Morgan fingerprint density at radius 1 is 0.929 bits per heavy atom. The molecule has 2 nitrogen and oxygen atoms in total. The summed E-state index contributed by atoms with van der Waals surface area (Å²) in [5.74, 6) is 0.846. The summed E-state index contributed by atoms with van der Waals surface area (Å²) in [6.45, 7) is 15.1. The second kappa shape index (κ2) is 9.00. The summed E-state index contributed by atoms with van der Waals surface area (Å²) in [4.78, 5) is 0. The van der Waals surface area contributed by atoms with Gasteiger partial charge < -0.3 is 9.84 Å². The lowest BCUT2D eigenvalue weighted by atomic mass is 9.70. The molecule has 28 heavy (non-hydrogen) atoms. The van der Waals surface area contributed by atoms with Crippen LogP contribution in [0.1, 0.15) is 69.7 Å². The van der Waals surface area contributed by atoms with Gasteiger partial charge in [0, 0.05) is 9.89 Å². The molecular formula is C25H35BrO2. The van der Waals surface area contributed by atoms with Gasteiger partial charge in [-0.25, -0.2) is 0 Å². The Kier molecular flexibility index (Phi) is 7.38. The van der Waals surface area contributed by atoms with Gasteiger partial charge in [-0.15, -0.1) is 0 Å². The lowest BCUT2D eigenvalue weighted by Crippen LogP contribution is -2.32. The van der Waals surface area contributed by atoms with Gasteiger partial charge in [-0.2, -0.15) is 0 Å². The van der Waals surface area contributed by atoms with Gasteiger partial charge in [-0.05, 0) is 66.5 Å². The van der Waals surface area contributed by atoms with E-state index < -0.39 is 6.10 Å². The van der Waals surface area contributed by atoms with Crippen molar-refractivity contribution in [2.75, 3.05) is 6.61 Å². The Labute approximate surface area is 179 Å². The molecule has 0 spiro atoms. The third-order valence-corrected chi connectivity index (χ3v) is 6.91. The van der Waals surface area contributed by atoms with Crippen LogP contribution in [0.5, 0.6) is 5.75 Å². The first kappa shape index (κ1) is 23.0. The molecule has 1 atom stereocenters. The molecule has 0 radical (unpaired) electrons. The van der Waals surface area contributed by atoms with Crippen LogP contribution in [0.4, 0.5) is 0 Å². The summed E-state index contributed by atoms with van der Waals surface area (Å²) in [7, 11) is 0. The molecule has 0 aromatic heterocycles. The molecule has 2 aromatic rings. The average molecular weight is 447 g/mol. The topological polar surface area (TPSA) is 29.5 Å². The van der Waals surface area contributed by atoms with E-state index in [0.29, 0.717) is 6.61 Å². The zero-order valence-corrected chi connectivity index (χ0v) is 20.0. The number of benzene rings is 2. The zero-order valence-electron chi connectivity index (χ0n) is 18.4. The Bertz CT molecular complexity index is 801. The van der Waals surface area contributed by atoms with E-state index in [1.54, 1.807) is 0 Å². The first-order valence-corrected chi connectivity index (χ1v) is 11.0. The molecule has 0 aliphatic rings. The third-order valence-electron chi connectivity index (χ3n) is 6.06. The highest BCUT2D eigenvalue weighted by Gasteiger charge is 2.31. The molecule has 0 heterocycles. The highest BCUT2D eigenvalue weighted by Crippen LogP contribution is 2.41. The van der Waals surface area contributed by atoms with Crippen LogP contribution in [0.3, 0.4) is 0 Å². The fraction of sp³-hybridized carbons (Fsp3) is 0.520. The standard InChI is InChI=1S/C25H35BrO2/c1-8-25(9-2,20-11-10-17(3)21(26)15-20)19-12-13-22(18(4)14-19)28-16-23(27)24(5,6)7/h10-15,23,27H,8-9,16H2,1-7H3. The largest absolute Gasteiger partial charge is 0.491 e. The van der Waals surface area contributed by atoms with Crippen molar-refractivity contribution in [3.63, 3.8) is 0 Å². The first-order valence-electron chi connectivity index (χ1n) is 10.2. The van der Waals surface area contributed by atoms with Crippen molar-refractivity contribution in [1.29, 1.82) is 0 Å². The fourth-order valence-corrected chi connectivity index (χ4v) is 4.03. The fourth-order valence-electron chi connectivity index (χ4n) is 3.65. The van der Waals surface area contributed by atoms with Crippen LogP contribution in [0.15, 0.2) is 40.9 Å². The molecule has 0 aliphatic heterocycles. The Morgan fingerprint density at radius 2 is 1.50 bits per heavy atom. The molecule has 0 bridgehead atoms. The maximum atomic E-state index is 10.3. The van der Waals surface area contributed by atoms with Gasteiger partial charge in [0.1, 0.15) is 12.4 Å². The van der Waals surface area contributed by atoms with E-state index >= 15 is 0 Å². The molecular weight excluding hydrogens is 412 g/mol. The van der Waals surface area contributed by atoms with E-state index in [4.69, 9.17) is 4.74 Å². The molecule has 2 aromatic carbocycles. The third kappa shape index (κ3) is 4.80. The van der Waals surface area contributed by atoms with Crippen LogP contribution in [-0.4, -0.2) is 17.8 Å². The number of hydrogen-bond donors (Lipinski definition) is 1. The van der Waals surface area contributed by atoms with Crippen molar-refractivity contribution >= 4 is 15.9 Å². The minimum Gasteiger partial charge on any atom is -0.491 e. The van der Waals surface area contributed by atoms with Crippen LogP contribution >= 0.6 is 15.9 Å². The molecule has 0 saturated heterocycles. The van der Waals surface area contributed by atoms with Crippen LogP contribution in [0, 0.1) is 19.3 Å². The zero-order chi connectivity index (χ0) is 21.1. The van der Waals surface area contributed by atoms with Crippen molar-refractivity contribution in [2.45, 2.75) is 72.8 Å². The quantitative estimate of drug-likeness (QED) is 0.497. The van der Waals surface area contributed by atoms with Gasteiger partial charge in [0.25, 0.3) is 0 Å². The van der Waals surface area contributed by atoms with Crippen molar-refractivity contribution in [3.8, 4) is 5.75 Å². The Hall–Kier alpha value is -1.32. The SMILES string of the molecule is CCC(CC)(c1ccc(OCC(O)C(C)(C)C)c(C)c1)c1ccc(C)c(Br)c1. The predicted molar refractivity (Wildman–Crippen MR) is 122 cm³/mol. The average Bonchev–Trinajstić information content (AvgIpc) is 2.64. The molecule has 0 fully saturated rings. The number of hydrogen-bond acceptors (Lipinski definition) is 2. The highest BCUT2D eigenvalue weighted by atomic mass is 79.9. The van der Waals surface area contributed by atoms with Crippen molar-refractivity contribution in [3.05, 3.63) is 63.1 Å². The van der Waals surface area contributed by atoms with Crippen LogP contribution in [0.25, 0.3) is 0 Å². The van der Waals surface area contributed by atoms with Gasteiger partial charge in [0.05, 0.1) is 6.10 Å². The van der Waals surface area contributed by atoms with E-state index in [-0.39, 0.29) is 10.8 Å². The number of aliphatic hydroxyl groups is 1. The van der Waals surface area contributed by atoms with E-state index in [1.165, 1.54) is 16.7 Å². The lowest BCUT2D eigenvalue weighted by molar-refractivity contribution is 0.0216. The number of halogens is 1. The summed E-state index contributed by atoms with van der Waals surface area (Å²) in [6.07, 6.45) is 1.56. The minimum absolute atomic E-state index is 0.0234. The van der Waals surface area contributed by atoms with Crippen molar-refractivity contribution < 1.29 is 9.84 Å². The minimum atomic E-state index is -0.498. The summed E-state index contributed by atoms with van der Waals surface area (Å²) < 4.78 is 7.10. The number of aryl methyl sites for hydroxylation is 2. The summed E-state index contributed by atoms with van der Waals surface area (Å²) in [6, 6.07) is 13.2. The second-order valence-corrected chi connectivity index (χ2v) is 9.78. The first-order chi connectivity index (χ1) is 13.0. The van der Waals surface area contributed by atoms with E-state index in [1.807, 2.05) is 20.8 Å². The van der Waals surface area contributed by atoms with E-state index in [0.717, 1.165) is 28.6 Å². The lowest BCUT2D eigenvalue weighted by Gasteiger charge is -2.34. The number of ether oxygens (including phenoxy) is 1. The van der Waals surface area contributed by atoms with Gasteiger partial charge >= 0.3 is 0 Å². The van der Waals surface area contributed by atoms with Crippen LogP contribution in [-0.2, 0) is 5.41 Å². The van der Waals surface area contributed by atoms with Gasteiger partial charge in [-0.1, -0.05) is 74.8 Å². The molecule has 2 rings (SSSR count).